The lowest BCUT2D eigenvalue weighted by Crippen LogP contribution is -2.26. The molecule has 2 aliphatic rings. The van der Waals surface area contributed by atoms with Gasteiger partial charge in [0, 0.05) is 68.9 Å². The third-order valence-electron chi connectivity index (χ3n) is 9.18. The van der Waals surface area contributed by atoms with Gasteiger partial charge in [0.25, 0.3) is 0 Å². The molecule has 0 amide bonds. The Morgan fingerprint density at radius 1 is 0.795 bits per heavy atom. The van der Waals surface area contributed by atoms with E-state index in [-0.39, 0.29) is 29.4 Å². The van der Waals surface area contributed by atoms with E-state index in [9.17, 15) is 19.8 Å². The van der Waals surface area contributed by atoms with Crippen LogP contribution < -0.4 is 16.0 Å². The summed E-state index contributed by atoms with van der Waals surface area (Å²) in [5, 5.41) is 24.7. The summed E-state index contributed by atoms with van der Waals surface area (Å²) < 4.78 is 0. The average Bonchev–Trinajstić information content (AvgIpc) is 3.59. The van der Waals surface area contributed by atoms with Crippen LogP contribution in [-0.4, -0.2) is 43.1 Å². The Balaban J connectivity index is 1.82. The number of hydrogen-bond donors (Lipinski definition) is 8. The monoisotopic (exact) mass is 634 g/mol. The quantitative estimate of drug-likeness (QED) is 0.159. The summed E-state index contributed by atoms with van der Waals surface area (Å²) >= 11 is 9.70. The van der Waals surface area contributed by atoms with E-state index >= 15 is 0 Å². The van der Waals surface area contributed by atoms with Crippen LogP contribution in [0.1, 0.15) is 107 Å². The molecule has 3 aromatic heterocycles. The number of aliphatic carboxylic acids is 2. The molecule has 8 bridgehead atoms. The number of nitrogens with one attached hydrogen (secondary N) is 4. The fourth-order valence-corrected chi connectivity index (χ4v) is 7.54. The number of rotatable bonds is 8. The molecule has 234 valence electrons. The minimum absolute atomic E-state index is 0.00598. The summed E-state index contributed by atoms with van der Waals surface area (Å²) in [7, 11) is 0. The van der Waals surface area contributed by atoms with Gasteiger partial charge in [0.05, 0.1) is 6.04 Å². The lowest BCUT2D eigenvalue weighted by Gasteiger charge is -2.16. The van der Waals surface area contributed by atoms with Crippen LogP contribution in [0.25, 0.3) is 18.2 Å². The Morgan fingerprint density at radius 3 is 2.05 bits per heavy atom. The molecule has 3 atom stereocenters. The van der Waals surface area contributed by atoms with Crippen LogP contribution in [0.5, 0.6) is 0 Å². The highest BCUT2D eigenvalue weighted by atomic mass is 32.1. The van der Waals surface area contributed by atoms with Crippen LogP contribution in [0.15, 0.2) is 16.8 Å². The van der Waals surface area contributed by atoms with Crippen molar-refractivity contribution in [2.45, 2.75) is 90.2 Å². The van der Waals surface area contributed by atoms with Crippen LogP contribution in [0, 0.1) is 20.8 Å². The summed E-state index contributed by atoms with van der Waals surface area (Å²) in [5.74, 6) is -1.70. The Morgan fingerprint density at radius 2 is 1.41 bits per heavy atom. The molecule has 8 nitrogen and oxygen atoms in total. The summed E-state index contributed by atoms with van der Waals surface area (Å²) in [6.45, 7) is 12.5. The van der Waals surface area contributed by atoms with E-state index in [4.69, 9.17) is 25.3 Å². The molecule has 6 N–H and O–H groups in total. The molecule has 5 heterocycles. The number of carboxylic acid groups (broad SMARTS) is 2. The molecule has 0 radical (unpaired) electrons. The summed E-state index contributed by atoms with van der Waals surface area (Å²) in [4.78, 5) is 34.2. The number of thiol groups is 2. The van der Waals surface area contributed by atoms with Gasteiger partial charge in [-0.1, -0.05) is 0 Å². The van der Waals surface area contributed by atoms with Crippen LogP contribution in [0.2, 0.25) is 0 Å². The molecule has 0 saturated heterocycles. The topological polar surface area (TPSA) is 134 Å². The first-order chi connectivity index (χ1) is 20.8. The summed E-state index contributed by atoms with van der Waals surface area (Å²) in [6, 6.07) is -0.0494. The van der Waals surface area contributed by atoms with Crippen molar-refractivity contribution < 1.29 is 19.8 Å². The van der Waals surface area contributed by atoms with E-state index in [0.29, 0.717) is 19.3 Å². The zero-order valence-corrected chi connectivity index (χ0v) is 27.9. The van der Waals surface area contributed by atoms with E-state index in [2.05, 4.69) is 67.0 Å². The molecule has 0 aliphatic carbocycles. The van der Waals surface area contributed by atoms with Crippen LogP contribution >= 0.6 is 25.3 Å². The van der Waals surface area contributed by atoms with Gasteiger partial charge in [0.1, 0.15) is 0 Å². The smallest absolute Gasteiger partial charge is 0.303 e. The first-order valence-electron chi connectivity index (χ1n) is 15.1. The highest BCUT2D eigenvalue weighted by Gasteiger charge is 2.29. The highest BCUT2D eigenvalue weighted by Crippen LogP contribution is 2.36. The largest absolute Gasteiger partial charge is 0.481 e. The third-order valence-corrected chi connectivity index (χ3v) is 9.69. The number of carbonyl (C=O) groups is 2. The van der Waals surface area contributed by atoms with Gasteiger partial charge in [-0.15, -0.1) is 0 Å². The second kappa shape index (κ2) is 12.5. The number of aromatic nitrogens is 3. The van der Waals surface area contributed by atoms with Crippen LogP contribution in [0.4, 0.5) is 0 Å². The van der Waals surface area contributed by atoms with Gasteiger partial charge in [0.2, 0.25) is 0 Å². The zero-order valence-electron chi connectivity index (χ0n) is 26.1. The van der Waals surface area contributed by atoms with Gasteiger partial charge in [-0.05, 0) is 117 Å². The van der Waals surface area contributed by atoms with Gasteiger partial charge < -0.3 is 30.5 Å². The fourth-order valence-electron chi connectivity index (χ4n) is 6.86. The zero-order chi connectivity index (χ0) is 32.0. The van der Waals surface area contributed by atoms with Gasteiger partial charge in [-0.25, -0.2) is 0 Å². The molecule has 44 heavy (non-hydrogen) atoms. The van der Waals surface area contributed by atoms with Crippen LogP contribution in [-0.2, 0) is 22.4 Å². The summed E-state index contributed by atoms with van der Waals surface area (Å²) in [5.41, 5.74) is 13.2. The lowest BCUT2D eigenvalue weighted by atomic mass is 9.96. The minimum Gasteiger partial charge on any atom is -0.481 e. The van der Waals surface area contributed by atoms with Gasteiger partial charge >= 0.3 is 11.9 Å². The van der Waals surface area contributed by atoms with E-state index in [1.807, 2.05) is 13.0 Å². The van der Waals surface area contributed by atoms with E-state index in [0.717, 1.165) is 78.1 Å². The standard InChI is InChI=1S/C34H42N4O4S2/c1-15-21(7-9-31(39)40)27-14-28-22(8-10-32(41)42)16(2)24(36-28)12-29-34(20(6)44)18(4)26(38-29)13-30-33(19(5)43)17(3)25(37-30)11-23(15)35-27/h11,13-14,19-20,24,35-38,43-44H,7-10,12H2,1-6H3,(H,39,40)(H,41,42)/b25-11-,28-14-,30-13-/t19-,20-,24?/m0/s1. The Bertz CT molecular complexity index is 1830. The molecule has 0 aromatic carbocycles. The van der Waals surface area contributed by atoms with E-state index < -0.39 is 11.9 Å². The minimum atomic E-state index is -0.854. The normalized spacial score (nSPS) is 20.2. The van der Waals surface area contributed by atoms with Gasteiger partial charge in [-0.3, -0.25) is 9.59 Å². The number of hydrogen-bond acceptors (Lipinski definition) is 5. The van der Waals surface area contributed by atoms with Crippen molar-refractivity contribution in [1.29, 1.82) is 0 Å². The van der Waals surface area contributed by atoms with E-state index in [1.54, 1.807) is 0 Å². The molecule has 10 heteroatoms. The Kier molecular flexibility index (Phi) is 9.05. The maximum atomic E-state index is 11.6. The number of H-pyrrole nitrogens is 3. The van der Waals surface area contributed by atoms with Crippen LogP contribution in [0.3, 0.4) is 0 Å². The van der Waals surface area contributed by atoms with Crippen molar-refractivity contribution in [3.8, 4) is 0 Å². The molecule has 5 rings (SSSR count). The molecule has 1 unspecified atom stereocenters. The first kappa shape index (κ1) is 31.9. The Hall–Kier alpha value is -3.50. The van der Waals surface area contributed by atoms with Crippen molar-refractivity contribution in [1.82, 2.24) is 20.3 Å². The molecule has 2 aliphatic heterocycles. The highest BCUT2D eigenvalue weighted by molar-refractivity contribution is 7.80. The average molecular weight is 635 g/mol. The number of aromatic amines is 3. The predicted molar refractivity (Wildman–Crippen MR) is 182 cm³/mol. The maximum Gasteiger partial charge on any atom is 0.303 e. The number of allylic oxidation sites excluding steroid dienone is 1. The Labute approximate surface area is 268 Å². The van der Waals surface area contributed by atoms with Crippen molar-refractivity contribution in [3.63, 3.8) is 0 Å². The van der Waals surface area contributed by atoms with Crippen molar-refractivity contribution in [3.05, 3.63) is 83.7 Å². The third kappa shape index (κ3) is 6.06. The number of fused-ring (bicyclic) bond motifs is 8. The molecule has 0 spiro atoms. The molecule has 3 aromatic rings. The van der Waals surface area contributed by atoms with Gasteiger partial charge in [-0.2, -0.15) is 25.3 Å². The van der Waals surface area contributed by atoms with Gasteiger partial charge in [0.15, 0.2) is 0 Å². The fraction of sp³-hybridized carbons (Fsp3) is 0.412. The van der Waals surface area contributed by atoms with Crippen molar-refractivity contribution in [2.24, 2.45) is 0 Å². The molecular formula is C34H42N4O4S2. The lowest BCUT2D eigenvalue weighted by molar-refractivity contribution is -0.138. The first-order valence-corrected chi connectivity index (χ1v) is 16.1. The van der Waals surface area contributed by atoms with E-state index in [1.165, 1.54) is 5.56 Å². The molecule has 0 saturated carbocycles. The predicted octanol–water partition coefficient (Wildman–Crippen LogP) is 5.30. The maximum absolute atomic E-state index is 11.6. The second-order valence-corrected chi connectivity index (χ2v) is 13.7. The number of carboxylic acids is 2. The molecular weight excluding hydrogens is 593 g/mol. The second-order valence-electron chi connectivity index (χ2n) is 12.2. The molecule has 0 fully saturated rings. The van der Waals surface area contributed by atoms with Crippen molar-refractivity contribution >= 4 is 55.4 Å². The summed E-state index contributed by atoms with van der Waals surface area (Å²) in [6.07, 6.45) is 7.75. The van der Waals surface area contributed by atoms with Crippen molar-refractivity contribution in [2.75, 3.05) is 0 Å². The SMILES string of the molecule is CC1=C(CCC(=O)O)/C2=C/c3[nH]c(c(C)c3CCC(=O)O)/C=c3\[nH]/c(c([C@H](C)S)c3C)=C\c3[nH]c(c([C@H](C)S)c3C)CC1N2.